The molecule has 0 radical (unpaired) electrons. The van der Waals surface area contributed by atoms with Crippen LogP contribution in [0.4, 0.5) is 0 Å². The predicted octanol–water partition coefficient (Wildman–Crippen LogP) is 2.71. The Morgan fingerprint density at radius 1 is 1.17 bits per heavy atom. The van der Waals surface area contributed by atoms with Crippen LogP contribution in [0.5, 0.6) is 0 Å². The Hall–Kier alpha value is -1.78. The number of hydrogen-bond acceptors (Lipinski definition) is 4. The highest BCUT2D eigenvalue weighted by molar-refractivity contribution is 5.51. The average Bonchev–Trinajstić information content (AvgIpc) is 2.88. The number of aryl methyl sites for hydroxylation is 1. The van der Waals surface area contributed by atoms with Crippen LogP contribution >= 0.6 is 0 Å². The fourth-order valence-corrected chi connectivity index (χ4v) is 1.81. The van der Waals surface area contributed by atoms with Crippen LogP contribution in [0, 0.1) is 0 Å². The third-order valence-electron chi connectivity index (χ3n) is 2.83. The Labute approximate surface area is 107 Å². The first-order valence-electron chi connectivity index (χ1n) is 6.58. The number of rotatable bonds is 7. The second-order valence-corrected chi connectivity index (χ2v) is 4.36. The van der Waals surface area contributed by atoms with Gasteiger partial charge in [-0.05, 0) is 23.8 Å². The lowest BCUT2D eigenvalue weighted by molar-refractivity contribution is 0.477. The number of unbranched alkanes of at least 4 members (excludes halogenated alkanes) is 4. The minimum Gasteiger partial charge on any atom is -0.264 e. The topological polar surface area (TPSA) is 56.5 Å². The molecule has 0 unspecified atom stereocenters. The number of hydrogen-bond donors (Lipinski definition) is 0. The molecule has 18 heavy (non-hydrogen) atoms. The van der Waals surface area contributed by atoms with Crippen molar-refractivity contribution >= 4 is 0 Å². The molecule has 0 aliphatic carbocycles. The molecule has 2 heterocycles. The molecule has 0 spiro atoms. The minimum absolute atomic E-state index is 0.650. The second kappa shape index (κ2) is 6.83. The molecule has 0 amide bonds. The van der Waals surface area contributed by atoms with Crippen LogP contribution in [0.25, 0.3) is 11.4 Å². The van der Waals surface area contributed by atoms with E-state index in [2.05, 4.69) is 27.3 Å². The molecule has 96 valence electrons. The zero-order chi connectivity index (χ0) is 12.6. The summed E-state index contributed by atoms with van der Waals surface area (Å²) in [6.45, 7) is 3.07. The molecule has 2 aromatic heterocycles. The maximum absolute atomic E-state index is 4.35. The molecule has 5 heteroatoms. The SMILES string of the molecule is CCCCCCCn1nnc(-c2cccnc2)n1. The molecule has 0 bridgehead atoms. The van der Waals surface area contributed by atoms with E-state index in [1.54, 1.807) is 17.2 Å². The van der Waals surface area contributed by atoms with Crippen molar-refractivity contribution < 1.29 is 0 Å². The van der Waals surface area contributed by atoms with Crippen LogP contribution in [0.1, 0.15) is 39.0 Å². The van der Waals surface area contributed by atoms with Crippen molar-refractivity contribution in [3.8, 4) is 11.4 Å². The molecule has 0 saturated carbocycles. The van der Waals surface area contributed by atoms with Crippen molar-refractivity contribution in [1.29, 1.82) is 0 Å². The summed E-state index contributed by atoms with van der Waals surface area (Å²) in [7, 11) is 0. The van der Waals surface area contributed by atoms with Gasteiger partial charge in [-0.15, -0.1) is 10.2 Å². The number of tetrazole rings is 1. The van der Waals surface area contributed by atoms with Gasteiger partial charge in [0.2, 0.25) is 5.82 Å². The quantitative estimate of drug-likeness (QED) is 0.704. The highest BCUT2D eigenvalue weighted by Gasteiger charge is 2.04. The van der Waals surface area contributed by atoms with E-state index in [-0.39, 0.29) is 0 Å². The van der Waals surface area contributed by atoms with Crippen LogP contribution in [-0.2, 0) is 6.54 Å². The standard InChI is InChI=1S/C13H19N5/c1-2-3-4-5-6-10-18-16-13(15-17-18)12-8-7-9-14-11-12/h7-9,11H,2-6,10H2,1H3. The van der Waals surface area contributed by atoms with Gasteiger partial charge in [0.25, 0.3) is 0 Å². The van der Waals surface area contributed by atoms with Gasteiger partial charge >= 0.3 is 0 Å². The Morgan fingerprint density at radius 3 is 2.83 bits per heavy atom. The molecule has 0 aliphatic heterocycles. The number of aromatic nitrogens is 5. The molecule has 0 aliphatic rings. The van der Waals surface area contributed by atoms with E-state index in [0.29, 0.717) is 5.82 Å². The summed E-state index contributed by atoms with van der Waals surface area (Å²) in [5.41, 5.74) is 0.912. The first-order valence-corrected chi connectivity index (χ1v) is 6.58. The lowest BCUT2D eigenvalue weighted by Gasteiger charge is -1.98. The van der Waals surface area contributed by atoms with Gasteiger partial charge in [-0.25, -0.2) is 0 Å². The summed E-state index contributed by atoms with van der Waals surface area (Å²) in [5, 5.41) is 12.5. The lowest BCUT2D eigenvalue weighted by Crippen LogP contribution is -2.02. The molecule has 0 fully saturated rings. The lowest BCUT2D eigenvalue weighted by atomic mass is 10.2. The third kappa shape index (κ3) is 3.61. The number of nitrogens with zero attached hydrogens (tertiary/aromatic N) is 5. The fraction of sp³-hybridized carbons (Fsp3) is 0.538. The molecule has 0 saturated heterocycles. The minimum atomic E-state index is 0.650. The van der Waals surface area contributed by atoms with E-state index in [1.165, 1.54) is 25.7 Å². The van der Waals surface area contributed by atoms with Gasteiger partial charge < -0.3 is 0 Å². The van der Waals surface area contributed by atoms with Gasteiger partial charge in [-0.3, -0.25) is 4.98 Å². The van der Waals surface area contributed by atoms with Gasteiger partial charge in [-0.1, -0.05) is 32.6 Å². The summed E-state index contributed by atoms with van der Waals surface area (Å²) >= 11 is 0. The zero-order valence-corrected chi connectivity index (χ0v) is 10.8. The van der Waals surface area contributed by atoms with E-state index in [4.69, 9.17) is 0 Å². The van der Waals surface area contributed by atoms with E-state index >= 15 is 0 Å². The summed E-state index contributed by atoms with van der Waals surface area (Å²) in [5.74, 6) is 0.650. The van der Waals surface area contributed by atoms with Gasteiger partial charge in [0.15, 0.2) is 0 Å². The van der Waals surface area contributed by atoms with Crippen LogP contribution < -0.4 is 0 Å². The summed E-state index contributed by atoms with van der Waals surface area (Å²) < 4.78 is 0. The van der Waals surface area contributed by atoms with E-state index in [0.717, 1.165) is 18.5 Å². The predicted molar refractivity (Wildman–Crippen MR) is 69.8 cm³/mol. The Kier molecular flexibility index (Phi) is 4.81. The van der Waals surface area contributed by atoms with Gasteiger partial charge in [0, 0.05) is 18.0 Å². The van der Waals surface area contributed by atoms with Crippen molar-refractivity contribution in [2.45, 2.75) is 45.6 Å². The second-order valence-electron chi connectivity index (χ2n) is 4.36. The van der Waals surface area contributed by atoms with Crippen molar-refractivity contribution in [3.63, 3.8) is 0 Å². The molecular weight excluding hydrogens is 226 g/mol. The Balaban J connectivity index is 1.83. The molecule has 0 N–H and O–H groups in total. The van der Waals surface area contributed by atoms with Crippen molar-refractivity contribution in [3.05, 3.63) is 24.5 Å². The fourth-order valence-electron chi connectivity index (χ4n) is 1.81. The summed E-state index contributed by atoms with van der Waals surface area (Å²) in [6, 6.07) is 3.82. The van der Waals surface area contributed by atoms with E-state index in [9.17, 15) is 0 Å². The maximum atomic E-state index is 4.35. The molecule has 0 atom stereocenters. The van der Waals surface area contributed by atoms with Crippen LogP contribution in [-0.4, -0.2) is 25.2 Å². The van der Waals surface area contributed by atoms with Crippen molar-refractivity contribution in [2.75, 3.05) is 0 Å². The molecular formula is C13H19N5. The highest BCUT2D eigenvalue weighted by Crippen LogP contribution is 2.10. The van der Waals surface area contributed by atoms with Crippen molar-refractivity contribution in [2.24, 2.45) is 0 Å². The Morgan fingerprint density at radius 2 is 2.06 bits per heavy atom. The average molecular weight is 245 g/mol. The molecule has 5 nitrogen and oxygen atoms in total. The molecule has 2 aromatic rings. The van der Waals surface area contributed by atoms with Gasteiger partial charge in [-0.2, -0.15) is 4.80 Å². The van der Waals surface area contributed by atoms with Crippen LogP contribution in [0.3, 0.4) is 0 Å². The smallest absolute Gasteiger partial charge is 0.206 e. The highest BCUT2D eigenvalue weighted by atomic mass is 15.6. The third-order valence-corrected chi connectivity index (χ3v) is 2.83. The maximum Gasteiger partial charge on any atom is 0.206 e. The first kappa shape index (κ1) is 12.7. The molecule has 0 aromatic carbocycles. The normalized spacial score (nSPS) is 10.7. The van der Waals surface area contributed by atoms with Crippen LogP contribution in [0.2, 0.25) is 0 Å². The molecule has 2 rings (SSSR count). The van der Waals surface area contributed by atoms with Crippen LogP contribution in [0.15, 0.2) is 24.5 Å². The first-order chi connectivity index (χ1) is 8.90. The van der Waals surface area contributed by atoms with Crippen molar-refractivity contribution in [1.82, 2.24) is 25.2 Å². The Bertz CT molecular complexity index is 451. The zero-order valence-electron chi connectivity index (χ0n) is 10.8. The van der Waals surface area contributed by atoms with E-state index in [1.807, 2.05) is 12.1 Å². The summed E-state index contributed by atoms with van der Waals surface area (Å²) in [4.78, 5) is 5.72. The van der Waals surface area contributed by atoms with Gasteiger partial charge in [0.1, 0.15) is 0 Å². The van der Waals surface area contributed by atoms with Gasteiger partial charge in [0.05, 0.1) is 6.54 Å². The largest absolute Gasteiger partial charge is 0.264 e. The van der Waals surface area contributed by atoms with E-state index < -0.39 is 0 Å². The monoisotopic (exact) mass is 245 g/mol. The summed E-state index contributed by atoms with van der Waals surface area (Å²) in [6.07, 6.45) is 9.71. The number of pyridine rings is 1.